The second kappa shape index (κ2) is 4.94. The van der Waals surface area contributed by atoms with Crippen LogP contribution in [0.5, 0.6) is 0 Å². The minimum absolute atomic E-state index is 0.0108. The predicted molar refractivity (Wildman–Crippen MR) is 59.5 cm³/mol. The molecule has 1 amide bonds. The third-order valence-electron chi connectivity index (χ3n) is 2.52. The highest BCUT2D eigenvalue weighted by atomic mass is 16.3. The molecule has 4 heteroatoms. The highest BCUT2D eigenvalue weighted by molar-refractivity contribution is 5.80. The van der Waals surface area contributed by atoms with Crippen molar-refractivity contribution < 1.29 is 9.90 Å². The summed E-state index contributed by atoms with van der Waals surface area (Å²) in [5, 5.41) is 13.0. The fraction of sp³-hybridized carbons (Fsp3) is 0.909. The molecule has 1 unspecified atom stereocenters. The van der Waals surface area contributed by atoms with E-state index in [1.165, 1.54) is 0 Å². The topological polar surface area (TPSA) is 52.6 Å². The second-order valence-corrected chi connectivity index (χ2v) is 5.36. The molecule has 1 aliphatic rings. The molecule has 0 aliphatic carbocycles. The van der Waals surface area contributed by atoms with Crippen molar-refractivity contribution in [2.45, 2.75) is 33.3 Å². The Morgan fingerprint density at radius 3 is 2.40 bits per heavy atom. The molecular weight excluding hydrogens is 192 g/mol. The minimum atomic E-state index is -0.844. The van der Waals surface area contributed by atoms with Crippen LogP contribution in [0.1, 0.15) is 27.2 Å². The summed E-state index contributed by atoms with van der Waals surface area (Å²) in [6.07, 6.45) is -0.321. The molecule has 0 bridgehead atoms. The van der Waals surface area contributed by atoms with Crippen molar-refractivity contribution in [1.29, 1.82) is 0 Å². The highest BCUT2D eigenvalue weighted by Gasteiger charge is 2.27. The smallest absolute Gasteiger partial charge is 0.251 e. The van der Waals surface area contributed by atoms with E-state index in [0.717, 1.165) is 13.1 Å². The molecule has 1 heterocycles. The van der Waals surface area contributed by atoms with Gasteiger partial charge in [-0.05, 0) is 11.8 Å². The summed E-state index contributed by atoms with van der Waals surface area (Å²) in [5.74, 6) is -0.119. The van der Waals surface area contributed by atoms with Gasteiger partial charge in [-0.15, -0.1) is 0 Å². The van der Waals surface area contributed by atoms with Crippen LogP contribution < -0.4 is 5.32 Å². The van der Waals surface area contributed by atoms with Crippen LogP contribution >= 0.6 is 0 Å². The summed E-state index contributed by atoms with van der Waals surface area (Å²) in [7, 11) is 0. The molecule has 0 aromatic heterocycles. The van der Waals surface area contributed by atoms with Gasteiger partial charge >= 0.3 is 0 Å². The van der Waals surface area contributed by atoms with Gasteiger partial charge in [0.05, 0.1) is 0 Å². The van der Waals surface area contributed by atoms with Crippen molar-refractivity contribution in [2.24, 2.45) is 5.41 Å². The van der Waals surface area contributed by atoms with Gasteiger partial charge in [0, 0.05) is 26.2 Å². The maximum Gasteiger partial charge on any atom is 0.251 e. The summed E-state index contributed by atoms with van der Waals surface area (Å²) >= 11 is 0. The first-order valence-electron chi connectivity index (χ1n) is 5.58. The number of piperazine rings is 1. The number of nitrogens with zero attached hydrogens (tertiary/aromatic N) is 1. The molecule has 4 nitrogen and oxygen atoms in total. The molecule has 0 aromatic rings. The fourth-order valence-corrected chi connectivity index (χ4v) is 1.76. The summed E-state index contributed by atoms with van der Waals surface area (Å²) in [6, 6.07) is 0. The molecule has 2 N–H and O–H groups in total. The minimum Gasteiger partial charge on any atom is -0.383 e. The number of carbonyl (C=O) groups excluding carboxylic acids is 1. The molecule has 1 fully saturated rings. The summed E-state index contributed by atoms with van der Waals surface area (Å²) in [4.78, 5) is 13.6. The van der Waals surface area contributed by atoms with Gasteiger partial charge in [-0.2, -0.15) is 0 Å². The molecule has 1 aliphatic heterocycles. The standard InChI is InChI=1S/C11H22N2O2/c1-11(2,3)8-9(14)10(15)13-6-4-12-5-7-13/h9,12,14H,4-8H2,1-3H3. The first-order chi connectivity index (χ1) is 6.90. The van der Waals surface area contributed by atoms with E-state index in [1.54, 1.807) is 4.90 Å². The fourth-order valence-electron chi connectivity index (χ4n) is 1.76. The zero-order chi connectivity index (χ0) is 11.5. The van der Waals surface area contributed by atoms with E-state index in [4.69, 9.17) is 0 Å². The average Bonchev–Trinajstić information content (AvgIpc) is 2.15. The largest absolute Gasteiger partial charge is 0.383 e. The lowest BCUT2D eigenvalue weighted by molar-refractivity contribution is -0.142. The van der Waals surface area contributed by atoms with Crippen LogP contribution in [0.15, 0.2) is 0 Å². The molecule has 88 valence electrons. The summed E-state index contributed by atoms with van der Waals surface area (Å²) in [6.45, 7) is 9.16. The number of carbonyl (C=O) groups is 1. The zero-order valence-corrected chi connectivity index (χ0v) is 9.92. The van der Waals surface area contributed by atoms with Crippen molar-refractivity contribution >= 4 is 5.91 Å². The van der Waals surface area contributed by atoms with E-state index in [0.29, 0.717) is 19.5 Å². The lowest BCUT2D eigenvalue weighted by Crippen LogP contribution is -2.50. The molecule has 0 radical (unpaired) electrons. The second-order valence-electron chi connectivity index (χ2n) is 5.36. The SMILES string of the molecule is CC(C)(C)CC(O)C(=O)N1CCNCC1. The number of aliphatic hydroxyl groups is 1. The Balaban J connectivity index is 2.44. The summed E-state index contributed by atoms with van der Waals surface area (Å²) in [5.41, 5.74) is -0.0108. The van der Waals surface area contributed by atoms with Gasteiger partial charge in [-0.3, -0.25) is 4.79 Å². The van der Waals surface area contributed by atoms with Gasteiger partial charge < -0.3 is 15.3 Å². The molecule has 1 atom stereocenters. The molecule has 0 spiro atoms. The quantitative estimate of drug-likeness (QED) is 0.691. The van der Waals surface area contributed by atoms with Crippen molar-refractivity contribution in [3.8, 4) is 0 Å². The van der Waals surface area contributed by atoms with Crippen molar-refractivity contribution in [3.63, 3.8) is 0 Å². The Hall–Kier alpha value is -0.610. The van der Waals surface area contributed by atoms with E-state index < -0.39 is 6.10 Å². The van der Waals surface area contributed by atoms with Crippen LogP contribution in [0.2, 0.25) is 0 Å². The van der Waals surface area contributed by atoms with E-state index in [2.05, 4.69) is 5.32 Å². The Kier molecular flexibility index (Phi) is 4.11. The lowest BCUT2D eigenvalue weighted by Gasteiger charge is -2.31. The van der Waals surface area contributed by atoms with Gasteiger partial charge in [-0.25, -0.2) is 0 Å². The zero-order valence-electron chi connectivity index (χ0n) is 9.92. The van der Waals surface area contributed by atoms with Gasteiger partial charge in [0.25, 0.3) is 5.91 Å². The number of rotatable bonds is 2. The van der Waals surface area contributed by atoms with E-state index in [-0.39, 0.29) is 11.3 Å². The molecule has 15 heavy (non-hydrogen) atoms. The first kappa shape index (κ1) is 12.5. The third kappa shape index (κ3) is 4.18. The predicted octanol–water partition coefficient (Wildman–Crippen LogP) is 0.215. The average molecular weight is 214 g/mol. The van der Waals surface area contributed by atoms with Gasteiger partial charge in [-0.1, -0.05) is 20.8 Å². The number of nitrogens with one attached hydrogen (secondary N) is 1. The van der Waals surface area contributed by atoms with Gasteiger partial charge in [0.15, 0.2) is 0 Å². The van der Waals surface area contributed by atoms with Gasteiger partial charge in [0.1, 0.15) is 6.10 Å². The Labute approximate surface area is 91.6 Å². The molecule has 1 rings (SSSR count). The Morgan fingerprint density at radius 2 is 1.93 bits per heavy atom. The van der Waals surface area contributed by atoms with Crippen LogP contribution in [0.4, 0.5) is 0 Å². The van der Waals surface area contributed by atoms with Gasteiger partial charge in [0.2, 0.25) is 0 Å². The van der Waals surface area contributed by atoms with E-state index in [9.17, 15) is 9.90 Å². The van der Waals surface area contributed by atoms with Crippen molar-refractivity contribution in [1.82, 2.24) is 10.2 Å². The van der Waals surface area contributed by atoms with Crippen LogP contribution in [0, 0.1) is 5.41 Å². The molecular formula is C11H22N2O2. The molecule has 0 aromatic carbocycles. The number of hydrogen-bond acceptors (Lipinski definition) is 3. The Bertz CT molecular complexity index is 217. The lowest BCUT2D eigenvalue weighted by atomic mass is 9.89. The van der Waals surface area contributed by atoms with Crippen LogP contribution in [-0.4, -0.2) is 48.2 Å². The maximum absolute atomic E-state index is 11.8. The first-order valence-corrected chi connectivity index (χ1v) is 5.58. The van der Waals surface area contributed by atoms with Crippen molar-refractivity contribution in [2.75, 3.05) is 26.2 Å². The Morgan fingerprint density at radius 1 is 1.40 bits per heavy atom. The summed E-state index contributed by atoms with van der Waals surface area (Å²) < 4.78 is 0. The third-order valence-corrected chi connectivity index (χ3v) is 2.52. The number of hydrogen-bond donors (Lipinski definition) is 2. The number of amides is 1. The van der Waals surface area contributed by atoms with Crippen LogP contribution in [0.25, 0.3) is 0 Å². The monoisotopic (exact) mass is 214 g/mol. The van der Waals surface area contributed by atoms with Crippen molar-refractivity contribution in [3.05, 3.63) is 0 Å². The normalized spacial score (nSPS) is 20.1. The van der Waals surface area contributed by atoms with Crippen LogP contribution in [0.3, 0.4) is 0 Å². The van der Waals surface area contributed by atoms with Crippen LogP contribution in [-0.2, 0) is 4.79 Å². The molecule has 0 saturated carbocycles. The number of aliphatic hydroxyl groups excluding tert-OH is 1. The molecule has 1 saturated heterocycles. The van der Waals surface area contributed by atoms with E-state index in [1.807, 2.05) is 20.8 Å². The highest BCUT2D eigenvalue weighted by Crippen LogP contribution is 2.21. The maximum atomic E-state index is 11.8. The van der Waals surface area contributed by atoms with E-state index >= 15 is 0 Å².